The average Bonchev–Trinajstić information content (AvgIpc) is 2.99. The van der Waals surface area contributed by atoms with E-state index in [1.165, 1.54) is 6.08 Å². The summed E-state index contributed by atoms with van der Waals surface area (Å²) >= 11 is 0. The van der Waals surface area contributed by atoms with E-state index in [4.69, 9.17) is 5.73 Å². The molecule has 0 saturated carbocycles. The summed E-state index contributed by atoms with van der Waals surface area (Å²) in [6.45, 7) is 0.428. The summed E-state index contributed by atoms with van der Waals surface area (Å²) in [7, 11) is 0. The van der Waals surface area contributed by atoms with Gasteiger partial charge in [-0.1, -0.05) is 97.1 Å². The number of hydrogen-bond donors (Lipinski definition) is 4. The van der Waals surface area contributed by atoms with Crippen LogP contribution in [0, 0.1) is 0 Å². The van der Waals surface area contributed by atoms with Gasteiger partial charge in [-0.25, -0.2) is 0 Å². The maximum absolute atomic E-state index is 13.4. The molecule has 5 aromatic rings. The van der Waals surface area contributed by atoms with Crippen LogP contribution in [0.4, 0.5) is 17.1 Å². The summed E-state index contributed by atoms with van der Waals surface area (Å²) < 4.78 is 0. The van der Waals surface area contributed by atoms with Gasteiger partial charge in [0.1, 0.15) is 6.04 Å². The van der Waals surface area contributed by atoms with Crippen LogP contribution in [0.1, 0.15) is 22.7 Å². The van der Waals surface area contributed by atoms with Crippen LogP contribution in [0.15, 0.2) is 127 Å². The Morgan fingerprint density at radius 1 is 0.750 bits per heavy atom. The number of nitrogens with one attached hydrogen (secondary N) is 3. The summed E-state index contributed by atoms with van der Waals surface area (Å²) in [6, 6.07) is 38.0. The first-order valence-corrected chi connectivity index (χ1v) is 13.1. The highest BCUT2D eigenvalue weighted by atomic mass is 16.2. The fourth-order valence-electron chi connectivity index (χ4n) is 4.39. The van der Waals surface area contributed by atoms with Gasteiger partial charge in [-0.05, 0) is 57.8 Å². The van der Waals surface area contributed by atoms with Crippen LogP contribution in [0.25, 0.3) is 16.8 Å². The van der Waals surface area contributed by atoms with Crippen LogP contribution in [-0.4, -0.2) is 11.8 Å². The molecule has 5 rings (SSSR count). The minimum atomic E-state index is -0.618. The Labute approximate surface area is 233 Å². The number of nitrogens with two attached hydrogens (primary N) is 1. The highest BCUT2D eigenvalue weighted by molar-refractivity contribution is 6.03. The van der Waals surface area contributed by atoms with Crippen LogP contribution >= 0.6 is 0 Å². The van der Waals surface area contributed by atoms with Gasteiger partial charge in [0.2, 0.25) is 11.8 Å². The van der Waals surface area contributed by atoms with E-state index in [1.54, 1.807) is 18.2 Å². The second-order valence-electron chi connectivity index (χ2n) is 9.42. The van der Waals surface area contributed by atoms with Crippen molar-refractivity contribution in [2.24, 2.45) is 0 Å². The zero-order valence-corrected chi connectivity index (χ0v) is 21.9. The van der Waals surface area contributed by atoms with Crippen LogP contribution in [-0.2, 0) is 16.1 Å². The lowest BCUT2D eigenvalue weighted by atomic mass is 10.0. The number of amides is 2. The second kappa shape index (κ2) is 12.5. The van der Waals surface area contributed by atoms with Crippen molar-refractivity contribution >= 4 is 45.7 Å². The van der Waals surface area contributed by atoms with E-state index in [9.17, 15) is 9.59 Å². The first kappa shape index (κ1) is 26.3. The van der Waals surface area contributed by atoms with E-state index < -0.39 is 6.04 Å². The van der Waals surface area contributed by atoms with Gasteiger partial charge in [0.05, 0.1) is 11.4 Å². The van der Waals surface area contributed by atoms with Crippen molar-refractivity contribution in [3.8, 4) is 0 Å². The normalized spacial score (nSPS) is 11.7. The van der Waals surface area contributed by atoms with Gasteiger partial charge in [0.15, 0.2) is 0 Å². The van der Waals surface area contributed by atoms with Gasteiger partial charge in [-0.15, -0.1) is 0 Å². The monoisotopic (exact) mass is 526 g/mol. The number of nitrogen functional groups attached to an aromatic ring is 1. The Kier molecular flexibility index (Phi) is 8.18. The average molecular weight is 527 g/mol. The Hall–Kier alpha value is -5.36. The number of fused-ring (bicyclic) bond motifs is 1. The van der Waals surface area contributed by atoms with Gasteiger partial charge < -0.3 is 21.7 Å². The van der Waals surface area contributed by atoms with E-state index in [2.05, 4.69) is 28.1 Å². The molecule has 0 fully saturated rings. The first-order valence-electron chi connectivity index (χ1n) is 13.1. The zero-order chi connectivity index (χ0) is 27.7. The summed E-state index contributed by atoms with van der Waals surface area (Å²) in [5.74, 6) is -0.418. The van der Waals surface area contributed by atoms with Crippen LogP contribution in [0.2, 0.25) is 0 Å². The second-order valence-corrected chi connectivity index (χ2v) is 9.42. The van der Waals surface area contributed by atoms with E-state index in [0.717, 1.165) is 33.2 Å². The molecule has 6 heteroatoms. The van der Waals surface area contributed by atoms with Gasteiger partial charge in [-0.3, -0.25) is 9.59 Å². The molecular formula is C34H30N4O2. The summed E-state index contributed by atoms with van der Waals surface area (Å²) in [5, 5.41) is 11.5. The number of anilines is 3. The topological polar surface area (TPSA) is 96.2 Å². The van der Waals surface area contributed by atoms with E-state index >= 15 is 0 Å². The Morgan fingerprint density at radius 2 is 1.45 bits per heavy atom. The van der Waals surface area contributed by atoms with E-state index in [0.29, 0.717) is 17.9 Å². The number of rotatable bonds is 9. The number of benzene rings is 5. The predicted octanol–water partition coefficient (Wildman–Crippen LogP) is 6.54. The molecule has 0 spiro atoms. The molecule has 0 heterocycles. The number of hydrogen-bond acceptors (Lipinski definition) is 4. The minimum absolute atomic E-state index is 0.139. The quantitative estimate of drug-likeness (QED) is 0.129. The van der Waals surface area contributed by atoms with Crippen molar-refractivity contribution in [3.63, 3.8) is 0 Å². The lowest BCUT2D eigenvalue weighted by Crippen LogP contribution is -2.33. The molecule has 0 aliphatic heterocycles. The summed E-state index contributed by atoms with van der Waals surface area (Å²) in [6.07, 6.45) is 3.18. The highest BCUT2D eigenvalue weighted by Crippen LogP contribution is 2.25. The molecule has 0 bridgehead atoms. The van der Waals surface area contributed by atoms with Crippen molar-refractivity contribution in [1.29, 1.82) is 0 Å². The fourth-order valence-corrected chi connectivity index (χ4v) is 4.39. The standard InChI is InChI=1S/C34H30N4O2/c35-30-12-6-7-13-31(30)38-32(39)21-16-24-14-17-27(18-15-24)33(34(40)36-23-25-8-2-1-3-9-25)37-29-20-19-26-10-4-5-11-28(26)22-29/h1-22,33,37H,23,35H2,(H,36,40)(H,38,39). The molecule has 0 aromatic heterocycles. The highest BCUT2D eigenvalue weighted by Gasteiger charge is 2.20. The third kappa shape index (κ3) is 6.74. The molecule has 2 amide bonds. The van der Waals surface area contributed by atoms with Gasteiger partial charge in [0, 0.05) is 18.3 Å². The SMILES string of the molecule is Nc1ccccc1NC(=O)C=Cc1ccc(C(Nc2ccc3ccccc3c2)C(=O)NCc2ccccc2)cc1. The predicted molar refractivity (Wildman–Crippen MR) is 164 cm³/mol. The van der Waals surface area contributed by atoms with Gasteiger partial charge >= 0.3 is 0 Å². The fraction of sp³-hybridized carbons (Fsp3) is 0.0588. The van der Waals surface area contributed by atoms with Crippen molar-refractivity contribution in [1.82, 2.24) is 5.32 Å². The first-order chi connectivity index (χ1) is 19.5. The Bertz CT molecular complexity index is 1650. The van der Waals surface area contributed by atoms with E-state index in [-0.39, 0.29) is 11.8 Å². The zero-order valence-electron chi connectivity index (χ0n) is 21.9. The molecule has 0 aliphatic carbocycles. The minimum Gasteiger partial charge on any atom is -0.397 e. The van der Waals surface area contributed by atoms with Crippen LogP contribution in [0.5, 0.6) is 0 Å². The Balaban J connectivity index is 1.33. The molecule has 0 saturated heterocycles. The maximum Gasteiger partial charge on any atom is 0.248 e. The molecular weight excluding hydrogens is 496 g/mol. The van der Waals surface area contributed by atoms with Crippen LogP contribution < -0.4 is 21.7 Å². The van der Waals surface area contributed by atoms with Crippen molar-refractivity contribution in [3.05, 3.63) is 144 Å². The number of para-hydroxylation sites is 2. The van der Waals surface area contributed by atoms with E-state index in [1.807, 2.05) is 97.1 Å². The largest absolute Gasteiger partial charge is 0.397 e. The molecule has 40 heavy (non-hydrogen) atoms. The molecule has 0 radical (unpaired) electrons. The van der Waals surface area contributed by atoms with Gasteiger partial charge in [0.25, 0.3) is 0 Å². The molecule has 1 atom stereocenters. The third-order valence-electron chi connectivity index (χ3n) is 6.55. The molecule has 5 N–H and O–H groups in total. The number of carbonyl (C=O) groups is 2. The number of carbonyl (C=O) groups excluding carboxylic acids is 2. The molecule has 198 valence electrons. The van der Waals surface area contributed by atoms with Crippen LogP contribution in [0.3, 0.4) is 0 Å². The van der Waals surface area contributed by atoms with Crippen molar-refractivity contribution in [2.45, 2.75) is 12.6 Å². The summed E-state index contributed by atoms with van der Waals surface area (Å²) in [5.41, 5.74) is 10.5. The Morgan fingerprint density at radius 3 is 2.23 bits per heavy atom. The summed E-state index contributed by atoms with van der Waals surface area (Å²) in [4.78, 5) is 25.8. The molecule has 5 aromatic carbocycles. The molecule has 0 aliphatic rings. The smallest absolute Gasteiger partial charge is 0.248 e. The third-order valence-corrected chi connectivity index (χ3v) is 6.55. The van der Waals surface area contributed by atoms with Crippen molar-refractivity contribution < 1.29 is 9.59 Å². The van der Waals surface area contributed by atoms with Gasteiger partial charge in [-0.2, -0.15) is 0 Å². The molecule has 6 nitrogen and oxygen atoms in total. The van der Waals surface area contributed by atoms with Crippen molar-refractivity contribution in [2.75, 3.05) is 16.4 Å². The lowest BCUT2D eigenvalue weighted by molar-refractivity contribution is -0.122. The maximum atomic E-state index is 13.4. The lowest BCUT2D eigenvalue weighted by Gasteiger charge is -2.21. The molecule has 1 unspecified atom stereocenters.